The van der Waals surface area contributed by atoms with E-state index in [4.69, 9.17) is 4.74 Å². The van der Waals surface area contributed by atoms with E-state index >= 15 is 0 Å². The summed E-state index contributed by atoms with van der Waals surface area (Å²) in [4.78, 5) is 2.71. The molecular weight excluding hydrogens is 260 g/mol. The van der Waals surface area contributed by atoms with Crippen LogP contribution in [0.15, 0.2) is 0 Å². The van der Waals surface area contributed by atoms with Crippen molar-refractivity contribution in [1.29, 1.82) is 0 Å². The van der Waals surface area contributed by atoms with Crippen molar-refractivity contribution in [3.63, 3.8) is 0 Å². The zero-order valence-corrected chi connectivity index (χ0v) is 14.6. The number of nitrogens with zero attached hydrogens (tertiary/aromatic N) is 1. The third kappa shape index (κ3) is 4.94. The zero-order valence-electron chi connectivity index (χ0n) is 14.6. The van der Waals surface area contributed by atoms with Gasteiger partial charge in [-0.15, -0.1) is 0 Å². The maximum absolute atomic E-state index is 5.37. The fraction of sp³-hybridized carbons (Fsp3) is 1.00. The smallest absolute Gasteiger partial charge is 0.0502 e. The molecule has 3 nitrogen and oxygen atoms in total. The Bertz CT molecular complexity index is 293. The predicted molar refractivity (Wildman–Crippen MR) is 89.6 cm³/mol. The molecule has 2 rings (SSSR count). The van der Waals surface area contributed by atoms with Gasteiger partial charge < -0.3 is 15.0 Å². The summed E-state index contributed by atoms with van der Waals surface area (Å²) in [6.45, 7) is 9.56. The molecule has 124 valence electrons. The molecule has 4 atom stereocenters. The molecule has 4 unspecified atom stereocenters. The van der Waals surface area contributed by atoms with Crippen LogP contribution in [-0.2, 0) is 4.74 Å². The first kappa shape index (κ1) is 17.2. The van der Waals surface area contributed by atoms with Crippen molar-refractivity contribution in [2.75, 3.05) is 40.4 Å². The molecule has 0 bridgehead atoms. The van der Waals surface area contributed by atoms with Crippen molar-refractivity contribution in [2.24, 2.45) is 23.7 Å². The number of likely N-dealkylation sites (tertiary alicyclic amines) is 1. The Morgan fingerprint density at radius 2 is 2.05 bits per heavy atom. The fourth-order valence-corrected chi connectivity index (χ4v) is 4.51. The van der Waals surface area contributed by atoms with Gasteiger partial charge in [-0.05, 0) is 69.4 Å². The third-order valence-corrected chi connectivity index (χ3v) is 5.83. The van der Waals surface area contributed by atoms with Crippen LogP contribution in [0.5, 0.6) is 0 Å². The Morgan fingerprint density at radius 3 is 2.71 bits per heavy atom. The van der Waals surface area contributed by atoms with Crippen LogP contribution in [0.1, 0.15) is 46.0 Å². The number of methoxy groups -OCH3 is 1. The summed E-state index contributed by atoms with van der Waals surface area (Å²) in [5, 5.41) is 3.59. The van der Waals surface area contributed by atoms with Gasteiger partial charge in [0.05, 0.1) is 6.61 Å². The topological polar surface area (TPSA) is 24.5 Å². The monoisotopic (exact) mass is 296 g/mol. The van der Waals surface area contributed by atoms with E-state index in [0.29, 0.717) is 0 Å². The summed E-state index contributed by atoms with van der Waals surface area (Å²) in [7, 11) is 3.99. The zero-order chi connectivity index (χ0) is 15.2. The van der Waals surface area contributed by atoms with Crippen LogP contribution in [0.2, 0.25) is 0 Å². The third-order valence-electron chi connectivity index (χ3n) is 5.83. The molecule has 1 heterocycles. The van der Waals surface area contributed by atoms with E-state index in [0.717, 1.165) is 36.3 Å². The van der Waals surface area contributed by atoms with Crippen molar-refractivity contribution in [1.82, 2.24) is 10.2 Å². The highest BCUT2D eigenvalue weighted by Crippen LogP contribution is 2.34. The summed E-state index contributed by atoms with van der Waals surface area (Å²) in [6, 6.07) is 0.725. The summed E-state index contributed by atoms with van der Waals surface area (Å²) < 4.78 is 5.37. The molecule has 1 N–H and O–H groups in total. The Balaban J connectivity index is 1.88. The second-order valence-corrected chi connectivity index (χ2v) is 7.70. The minimum absolute atomic E-state index is 0.725. The highest BCUT2D eigenvalue weighted by Gasteiger charge is 2.33. The van der Waals surface area contributed by atoms with Crippen LogP contribution in [-0.4, -0.2) is 51.3 Å². The van der Waals surface area contributed by atoms with Crippen LogP contribution >= 0.6 is 0 Å². The lowest BCUT2D eigenvalue weighted by Crippen LogP contribution is -2.47. The van der Waals surface area contributed by atoms with Crippen molar-refractivity contribution in [2.45, 2.75) is 52.0 Å². The molecule has 0 aromatic rings. The molecule has 2 fully saturated rings. The quantitative estimate of drug-likeness (QED) is 0.815. The number of piperidine rings is 1. The largest absolute Gasteiger partial charge is 0.384 e. The molecule has 1 aliphatic heterocycles. The molecule has 2 aliphatic rings. The molecule has 0 spiro atoms. The number of ether oxygens (including phenoxy) is 1. The van der Waals surface area contributed by atoms with Crippen LogP contribution in [0, 0.1) is 23.7 Å². The van der Waals surface area contributed by atoms with Gasteiger partial charge in [-0.2, -0.15) is 0 Å². The Hall–Kier alpha value is -0.120. The summed E-state index contributed by atoms with van der Waals surface area (Å²) in [5.74, 6) is 3.35. The lowest BCUT2D eigenvalue weighted by Gasteiger charge is -2.42. The first-order valence-electron chi connectivity index (χ1n) is 9.02. The van der Waals surface area contributed by atoms with Gasteiger partial charge in [-0.1, -0.05) is 13.8 Å². The number of hydrogen-bond acceptors (Lipinski definition) is 3. The minimum Gasteiger partial charge on any atom is -0.384 e. The fourth-order valence-electron chi connectivity index (χ4n) is 4.51. The summed E-state index contributed by atoms with van der Waals surface area (Å²) in [5.41, 5.74) is 0. The molecule has 1 saturated heterocycles. The molecule has 0 radical (unpaired) electrons. The predicted octanol–water partition coefficient (Wildman–Crippen LogP) is 3.01. The first-order valence-corrected chi connectivity index (χ1v) is 9.02. The highest BCUT2D eigenvalue weighted by atomic mass is 16.5. The number of rotatable bonds is 6. The van der Waals surface area contributed by atoms with Gasteiger partial charge in [-0.3, -0.25) is 0 Å². The second kappa shape index (κ2) is 8.50. The van der Waals surface area contributed by atoms with E-state index in [2.05, 4.69) is 31.1 Å². The Labute approximate surface area is 131 Å². The van der Waals surface area contributed by atoms with Crippen molar-refractivity contribution in [3.8, 4) is 0 Å². The average Bonchev–Trinajstić information content (AvgIpc) is 2.48. The molecule has 1 saturated carbocycles. The molecule has 21 heavy (non-hydrogen) atoms. The van der Waals surface area contributed by atoms with Crippen LogP contribution in [0.3, 0.4) is 0 Å². The second-order valence-electron chi connectivity index (χ2n) is 7.70. The van der Waals surface area contributed by atoms with E-state index in [1.54, 1.807) is 0 Å². The summed E-state index contributed by atoms with van der Waals surface area (Å²) >= 11 is 0. The summed E-state index contributed by atoms with van der Waals surface area (Å²) in [6.07, 6.45) is 6.87. The van der Waals surface area contributed by atoms with Gasteiger partial charge in [0.25, 0.3) is 0 Å². The van der Waals surface area contributed by atoms with Gasteiger partial charge in [0.2, 0.25) is 0 Å². The van der Waals surface area contributed by atoms with Gasteiger partial charge in [0, 0.05) is 26.2 Å². The standard InChI is InChI=1S/C18H36N2O/c1-14(2)16-7-8-18(19-3)17(10-16)12-20-9-5-6-15(11-20)13-21-4/h14-19H,5-13H2,1-4H3. The van der Waals surface area contributed by atoms with E-state index in [-0.39, 0.29) is 0 Å². The average molecular weight is 296 g/mol. The number of hydrogen-bond donors (Lipinski definition) is 1. The Kier molecular flexibility index (Phi) is 6.97. The van der Waals surface area contributed by atoms with Gasteiger partial charge in [-0.25, -0.2) is 0 Å². The van der Waals surface area contributed by atoms with Crippen LogP contribution < -0.4 is 5.32 Å². The Morgan fingerprint density at radius 1 is 1.24 bits per heavy atom. The molecule has 1 aliphatic carbocycles. The van der Waals surface area contributed by atoms with Crippen LogP contribution in [0.25, 0.3) is 0 Å². The molecule has 0 amide bonds. The number of nitrogens with one attached hydrogen (secondary N) is 1. The van der Waals surface area contributed by atoms with Crippen molar-refractivity contribution >= 4 is 0 Å². The molecule has 0 aromatic heterocycles. The lowest BCUT2D eigenvalue weighted by molar-refractivity contribution is 0.0643. The van der Waals surface area contributed by atoms with Gasteiger partial charge >= 0.3 is 0 Å². The van der Waals surface area contributed by atoms with E-state index < -0.39 is 0 Å². The molecule has 3 heteroatoms. The van der Waals surface area contributed by atoms with E-state index in [1.807, 2.05) is 7.11 Å². The highest BCUT2D eigenvalue weighted by molar-refractivity contribution is 4.88. The van der Waals surface area contributed by atoms with Crippen LogP contribution in [0.4, 0.5) is 0 Å². The molecule has 0 aromatic carbocycles. The van der Waals surface area contributed by atoms with E-state index in [1.165, 1.54) is 51.7 Å². The van der Waals surface area contributed by atoms with Gasteiger partial charge in [0.15, 0.2) is 0 Å². The maximum atomic E-state index is 5.37. The maximum Gasteiger partial charge on any atom is 0.0502 e. The van der Waals surface area contributed by atoms with E-state index in [9.17, 15) is 0 Å². The van der Waals surface area contributed by atoms with Gasteiger partial charge in [0.1, 0.15) is 0 Å². The SMILES string of the molecule is CNC1CCC(C(C)C)CC1CN1CCCC(COC)C1. The first-order chi connectivity index (χ1) is 10.1. The van der Waals surface area contributed by atoms with Crippen molar-refractivity contribution < 1.29 is 4.74 Å². The normalized spacial score (nSPS) is 35.3. The molecular formula is C18H36N2O. The lowest BCUT2D eigenvalue weighted by atomic mass is 9.73. The van der Waals surface area contributed by atoms with Crippen molar-refractivity contribution in [3.05, 3.63) is 0 Å². The minimum atomic E-state index is 0.725.